The summed E-state index contributed by atoms with van der Waals surface area (Å²) in [4.78, 5) is 29.0. The fourth-order valence-corrected chi connectivity index (χ4v) is 4.37. The molecule has 1 aliphatic rings. The van der Waals surface area contributed by atoms with E-state index < -0.39 is 6.04 Å². The van der Waals surface area contributed by atoms with Crippen LogP contribution in [0.3, 0.4) is 0 Å². The van der Waals surface area contributed by atoms with Gasteiger partial charge in [-0.05, 0) is 35.9 Å². The van der Waals surface area contributed by atoms with Crippen LogP contribution in [0.15, 0.2) is 81.2 Å². The highest BCUT2D eigenvalue weighted by Crippen LogP contribution is 2.37. The van der Waals surface area contributed by atoms with Gasteiger partial charge in [0.25, 0.3) is 5.56 Å². The van der Waals surface area contributed by atoms with E-state index in [-0.39, 0.29) is 11.5 Å². The summed E-state index contributed by atoms with van der Waals surface area (Å²) in [5.74, 6) is 0.495. The van der Waals surface area contributed by atoms with E-state index in [0.29, 0.717) is 40.4 Å². The molecule has 7 heteroatoms. The number of aromatic amines is 1. The lowest BCUT2D eigenvalue weighted by Gasteiger charge is -2.18. The molecule has 4 aromatic rings. The molecule has 5 rings (SSSR count). The van der Waals surface area contributed by atoms with Crippen molar-refractivity contribution in [1.82, 2.24) is 9.99 Å². The second-order valence-corrected chi connectivity index (χ2v) is 8.07. The van der Waals surface area contributed by atoms with E-state index in [2.05, 4.69) is 10.1 Å². The maximum absolute atomic E-state index is 13.3. The molecule has 1 unspecified atom stereocenters. The first-order valence-corrected chi connectivity index (χ1v) is 10.8. The molecular formula is C25H20ClN3O3. The van der Waals surface area contributed by atoms with Gasteiger partial charge >= 0.3 is 0 Å². The summed E-state index contributed by atoms with van der Waals surface area (Å²) < 4.78 is 5.59. The average molecular weight is 446 g/mol. The third-order valence-corrected chi connectivity index (χ3v) is 5.90. The van der Waals surface area contributed by atoms with Crippen molar-refractivity contribution in [1.29, 1.82) is 0 Å². The number of halogens is 1. The van der Waals surface area contributed by atoms with E-state index in [0.717, 1.165) is 16.5 Å². The van der Waals surface area contributed by atoms with Gasteiger partial charge in [0.2, 0.25) is 5.91 Å². The summed E-state index contributed by atoms with van der Waals surface area (Å²) in [5, 5.41) is 7.45. The van der Waals surface area contributed by atoms with E-state index in [1.54, 1.807) is 31.4 Å². The Morgan fingerprint density at radius 3 is 2.69 bits per heavy atom. The second-order valence-electron chi connectivity index (χ2n) is 7.63. The predicted molar refractivity (Wildman–Crippen MR) is 125 cm³/mol. The quantitative estimate of drug-likeness (QED) is 0.448. The van der Waals surface area contributed by atoms with Crippen molar-refractivity contribution in [2.75, 3.05) is 0 Å². The maximum Gasteiger partial charge on any atom is 0.258 e. The normalized spacial score (nSPS) is 15.9. The average Bonchev–Trinajstić information content (AvgIpc) is 3.48. The number of pyridine rings is 1. The van der Waals surface area contributed by atoms with Crippen molar-refractivity contribution < 1.29 is 9.21 Å². The zero-order chi connectivity index (χ0) is 22.2. The van der Waals surface area contributed by atoms with Gasteiger partial charge in [0.1, 0.15) is 11.8 Å². The van der Waals surface area contributed by atoms with Crippen molar-refractivity contribution in [3.8, 4) is 11.1 Å². The number of rotatable bonds is 4. The fraction of sp³-hybridized carbons (Fsp3) is 0.160. The number of hydrazone groups is 1. The number of carbonyl (C=O) groups excluding carboxylic acids is 1. The standard InChI is InChI=1S/C25H20ClN3O3/c1-2-22(30)29-20(21-9-6-12-32-21)14-19(28-29)24-23(15-7-4-3-5-8-15)17-13-16(26)10-11-18(17)27-25(24)31/h3-13,20H,2,14H2,1H3,(H,27,31). The molecule has 0 radical (unpaired) electrons. The van der Waals surface area contributed by atoms with Crippen molar-refractivity contribution in [3.05, 3.63) is 93.6 Å². The van der Waals surface area contributed by atoms with Crippen LogP contribution < -0.4 is 5.56 Å². The van der Waals surface area contributed by atoms with Gasteiger partial charge in [-0.15, -0.1) is 0 Å². The molecule has 6 nitrogen and oxygen atoms in total. The molecule has 160 valence electrons. The molecule has 2 aromatic heterocycles. The molecule has 0 spiro atoms. The summed E-state index contributed by atoms with van der Waals surface area (Å²) in [7, 11) is 0. The zero-order valence-corrected chi connectivity index (χ0v) is 18.1. The zero-order valence-electron chi connectivity index (χ0n) is 17.3. The molecule has 0 fully saturated rings. The molecule has 0 aliphatic carbocycles. The van der Waals surface area contributed by atoms with E-state index in [1.165, 1.54) is 5.01 Å². The third-order valence-electron chi connectivity index (χ3n) is 5.67. The first-order valence-electron chi connectivity index (χ1n) is 10.4. The largest absolute Gasteiger partial charge is 0.467 e. The molecular weight excluding hydrogens is 426 g/mol. The van der Waals surface area contributed by atoms with Gasteiger partial charge in [-0.25, -0.2) is 5.01 Å². The smallest absolute Gasteiger partial charge is 0.258 e. The number of nitrogens with zero attached hydrogens (tertiary/aromatic N) is 2. The number of fused-ring (bicyclic) bond motifs is 1. The Morgan fingerprint density at radius 2 is 1.97 bits per heavy atom. The molecule has 0 saturated carbocycles. The minimum Gasteiger partial charge on any atom is -0.467 e. The number of benzene rings is 2. The summed E-state index contributed by atoms with van der Waals surface area (Å²) in [6.45, 7) is 1.79. The summed E-state index contributed by atoms with van der Waals surface area (Å²) in [6.07, 6.45) is 2.24. The first kappa shape index (κ1) is 20.3. The topological polar surface area (TPSA) is 78.7 Å². The molecule has 0 saturated heterocycles. The third kappa shape index (κ3) is 3.42. The van der Waals surface area contributed by atoms with Crippen LogP contribution >= 0.6 is 11.6 Å². The minimum atomic E-state index is -0.398. The van der Waals surface area contributed by atoms with Gasteiger partial charge in [0.05, 0.1) is 17.5 Å². The van der Waals surface area contributed by atoms with Gasteiger partial charge in [0.15, 0.2) is 0 Å². The van der Waals surface area contributed by atoms with E-state index in [1.807, 2.05) is 42.5 Å². The number of hydrogen-bond acceptors (Lipinski definition) is 4. The van der Waals surface area contributed by atoms with Crippen molar-refractivity contribution in [2.24, 2.45) is 5.10 Å². The van der Waals surface area contributed by atoms with Crippen LogP contribution in [0.5, 0.6) is 0 Å². The van der Waals surface area contributed by atoms with Crippen molar-refractivity contribution >= 4 is 34.1 Å². The Kier molecular flexibility index (Phi) is 5.15. The van der Waals surface area contributed by atoms with Gasteiger partial charge < -0.3 is 9.40 Å². The van der Waals surface area contributed by atoms with E-state index in [9.17, 15) is 9.59 Å². The van der Waals surface area contributed by atoms with Crippen LogP contribution in [0, 0.1) is 0 Å². The van der Waals surface area contributed by atoms with Gasteiger partial charge in [-0.2, -0.15) is 5.10 Å². The van der Waals surface area contributed by atoms with Crippen LogP contribution in [0.2, 0.25) is 5.02 Å². The van der Waals surface area contributed by atoms with E-state index in [4.69, 9.17) is 16.0 Å². The molecule has 2 aromatic carbocycles. The Hall–Kier alpha value is -3.64. The van der Waals surface area contributed by atoms with Gasteiger partial charge in [-0.3, -0.25) is 9.59 Å². The summed E-state index contributed by atoms with van der Waals surface area (Å²) in [5.41, 5.74) is 3.02. The van der Waals surface area contributed by atoms with Crippen LogP contribution in [0.4, 0.5) is 0 Å². The number of furan rings is 1. The first-order chi connectivity index (χ1) is 15.6. The highest BCUT2D eigenvalue weighted by molar-refractivity contribution is 6.31. The van der Waals surface area contributed by atoms with Crippen LogP contribution in [-0.2, 0) is 4.79 Å². The van der Waals surface area contributed by atoms with Crippen molar-refractivity contribution in [2.45, 2.75) is 25.8 Å². The van der Waals surface area contributed by atoms with Crippen LogP contribution in [-0.4, -0.2) is 21.6 Å². The van der Waals surface area contributed by atoms with Crippen LogP contribution in [0.25, 0.3) is 22.0 Å². The Balaban J connectivity index is 1.76. The molecule has 3 heterocycles. The number of hydrogen-bond donors (Lipinski definition) is 1. The Labute approximate surface area is 189 Å². The summed E-state index contributed by atoms with van der Waals surface area (Å²) in [6, 6.07) is 18.3. The van der Waals surface area contributed by atoms with Crippen LogP contribution in [0.1, 0.15) is 37.1 Å². The molecule has 1 amide bonds. The molecule has 0 bridgehead atoms. The molecule has 1 N–H and O–H groups in total. The number of nitrogens with one attached hydrogen (secondary N) is 1. The predicted octanol–water partition coefficient (Wildman–Crippen LogP) is 5.53. The number of H-pyrrole nitrogens is 1. The second kappa shape index (κ2) is 8.13. The van der Waals surface area contributed by atoms with Gasteiger partial charge in [-0.1, -0.05) is 48.9 Å². The lowest BCUT2D eigenvalue weighted by Crippen LogP contribution is -2.25. The lowest BCUT2D eigenvalue weighted by atomic mass is 9.92. The number of carbonyl (C=O) groups is 1. The Morgan fingerprint density at radius 1 is 1.16 bits per heavy atom. The molecule has 32 heavy (non-hydrogen) atoms. The van der Waals surface area contributed by atoms with E-state index >= 15 is 0 Å². The summed E-state index contributed by atoms with van der Waals surface area (Å²) >= 11 is 6.32. The fourth-order valence-electron chi connectivity index (χ4n) is 4.20. The lowest BCUT2D eigenvalue weighted by molar-refractivity contribution is -0.133. The SMILES string of the molecule is CCC(=O)N1N=C(c2c(-c3ccccc3)c3cc(Cl)ccc3[nH]c2=O)CC1c1ccco1. The number of amides is 1. The minimum absolute atomic E-state index is 0.136. The highest BCUT2D eigenvalue weighted by atomic mass is 35.5. The monoisotopic (exact) mass is 445 g/mol. The van der Waals surface area contributed by atoms with Crippen molar-refractivity contribution in [3.63, 3.8) is 0 Å². The maximum atomic E-state index is 13.3. The highest BCUT2D eigenvalue weighted by Gasteiger charge is 2.36. The molecule has 1 aliphatic heterocycles. The Bertz CT molecular complexity index is 1390. The van der Waals surface area contributed by atoms with Gasteiger partial charge in [0, 0.05) is 34.3 Å². The number of aromatic nitrogens is 1. The molecule has 1 atom stereocenters.